The third-order valence-corrected chi connectivity index (χ3v) is 3.99. The molecule has 1 fully saturated rings. The molecule has 2 N–H and O–H groups in total. The maximum Gasteiger partial charge on any atom is 0.120 e. The second-order valence-corrected chi connectivity index (χ2v) is 5.10. The monoisotopic (exact) mass is 244 g/mol. The summed E-state index contributed by atoms with van der Waals surface area (Å²) in [5, 5.41) is 4.79. The zero-order valence-electron chi connectivity index (χ0n) is 11.0. The molecule has 0 atom stereocenters. The van der Waals surface area contributed by atoms with Gasteiger partial charge in [0.1, 0.15) is 5.75 Å². The van der Waals surface area contributed by atoms with Crippen molar-refractivity contribution in [3.05, 3.63) is 29.5 Å². The lowest BCUT2D eigenvalue weighted by Crippen LogP contribution is -2.26. The van der Waals surface area contributed by atoms with Gasteiger partial charge in [0.05, 0.1) is 7.11 Å². The van der Waals surface area contributed by atoms with Gasteiger partial charge < -0.3 is 15.0 Å². The summed E-state index contributed by atoms with van der Waals surface area (Å²) in [5.41, 5.74) is 4.01. The minimum absolute atomic E-state index is 0.688. The number of rotatable bonds is 2. The molecule has 0 unspecified atom stereocenters. The highest BCUT2D eigenvalue weighted by molar-refractivity contribution is 5.86. The van der Waals surface area contributed by atoms with Crippen molar-refractivity contribution in [2.75, 3.05) is 20.2 Å². The fraction of sp³-hybridized carbons (Fsp3) is 0.467. The van der Waals surface area contributed by atoms with Crippen LogP contribution in [0.15, 0.2) is 18.2 Å². The van der Waals surface area contributed by atoms with Crippen LogP contribution in [0, 0.1) is 6.92 Å². The number of hydrogen-bond acceptors (Lipinski definition) is 2. The summed E-state index contributed by atoms with van der Waals surface area (Å²) in [7, 11) is 1.71. The van der Waals surface area contributed by atoms with Crippen LogP contribution in [0.25, 0.3) is 10.9 Å². The lowest BCUT2D eigenvalue weighted by molar-refractivity contribution is 0.415. The highest BCUT2D eigenvalue weighted by atomic mass is 16.5. The molecule has 3 rings (SSSR count). The van der Waals surface area contributed by atoms with Gasteiger partial charge in [0.15, 0.2) is 0 Å². The summed E-state index contributed by atoms with van der Waals surface area (Å²) in [5.74, 6) is 1.61. The van der Waals surface area contributed by atoms with Crippen LogP contribution in [0.3, 0.4) is 0 Å². The van der Waals surface area contributed by atoms with E-state index >= 15 is 0 Å². The van der Waals surface area contributed by atoms with Crippen LogP contribution in [0.1, 0.15) is 30.0 Å². The van der Waals surface area contributed by atoms with Crippen LogP contribution < -0.4 is 10.1 Å². The van der Waals surface area contributed by atoms with Crippen LogP contribution in [0.2, 0.25) is 0 Å². The fourth-order valence-corrected chi connectivity index (χ4v) is 3.10. The zero-order chi connectivity index (χ0) is 12.5. The molecule has 1 aromatic carbocycles. The smallest absolute Gasteiger partial charge is 0.120 e. The quantitative estimate of drug-likeness (QED) is 0.852. The van der Waals surface area contributed by atoms with E-state index < -0.39 is 0 Å². The summed E-state index contributed by atoms with van der Waals surface area (Å²) in [6.07, 6.45) is 2.47. The van der Waals surface area contributed by atoms with E-state index in [-0.39, 0.29) is 0 Å². The molecule has 1 saturated heterocycles. The first kappa shape index (κ1) is 11.6. The van der Waals surface area contributed by atoms with Gasteiger partial charge in [0.2, 0.25) is 0 Å². The molecule has 18 heavy (non-hydrogen) atoms. The minimum atomic E-state index is 0.688. The van der Waals surface area contributed by atoms with Crippen LogP contribution in [0.4, 0.5) is 0 Å². The fourth-order valence-electron chi connectivity index (χ4n) is 3.10. The van der Waals surface area contributed by atoms with Crippen LogP contribution in [0.5, 0.6) is 5.75 Å². The van der Waals surface area contributed by atoms with Crippen molar-refractivity contribution in [2.24, 2.45) is 0 Å². The molecule has 0 saturated carbocycles. The number of ether oxygens (including phenoxy) is 1. The second kappa shape index (κ2) is 4.65. The molecule has 0 bridgehead atoms. The van der Waals surface area contributed by atoms with Crippen molar-refractivity contribution in [3.8, 4) is 5.75 Å². The first-order chi connectivity index (χ1) is 8.79. The van der Waals surface area contributed by atoms with Crippen molar-refractivity contribution in [1.82, 2.24) is 10.3 Å². The van der Waals surface area contributed by atoms with E-state index in [4.69, 9.17) is 4.74 Å². The number of benzene rings is 1. The number of piperidine rings is 1. The van der Waals surface area contributed by atoms with E-state index in [0.717, 1.165) is 18.8 Å². The van der Waals surface area contributed by atoms with Gasteiger partial charge in [-0.3, -0.25) is 0 Å². The Morgan fingerprint density at radius 1 is 1.22 bits per heavy atom. The maximum absolute atomic E-state index is 5.29. The zero-order valence-corrected chi connectivity index (χ0v) is 11.0. The molecule has 0 aliphatic carbocycles. The van der Waals surface area contributed by atoms with Crippen molar-refractivity contribution >= 4 is 10.9 Å². The summed E-state index contributed by atoms with van der Waals surface area (Å²) in [6.45, 7) is 4.45. The summed E-state index contributed by atoms with van der Waals surface area (Å²) >= 11 is 0. The lowest BCUT2D eigenvalue weighted by Gasteiger charge is -2.23. The topological polar surface area (TPSA) is 37.0 Å². The van der Waals surface area contributed by atoms with Crippen LogP contribution >= 0.6 is 0 Å². The van der Waals surface area contributed by atoms with Crippen molar-refractivity contribution in [3.63, 3.8) is 0 Å². The Kier molecular flexibility index (Phi) is 3.00. The average Bonchev–Trinajstić information content (AvgIpc) is 2.74. The van der Waals surface area contributed by atoms with Crippen LogP contribution in [-0.2, 0) is 0 Å². The Morgan fingerprint density at radius 2 is 2.00 bits per heavy atom. The predicted molar refractivity (Wildman–Crippen MR) is 74.4 cm³/mol. The van der Waals surface area contributed by atoms with E-state index in [0.29, 0.717) is 5.92 Å². The van der Waals surface area contributed by atoms with Crippen molar-refractivity contribution < 1.29 is 4.74 Å². The normalized spacial score (nSPS) is 17.2. The number of aromatic amines is 1. The minimum Gasteiger partial charge on any atom is -0.497 e. The van der Waals surface area contributed by atoms with Crippen LogP contribution in [-0.4, -0.2) is 25.2 Å². The number of methoxy groups -OCH3 is 1. The molecule has 0 amide bonds. The van der Waals surface area contributed by atoms with Gasteiger partial charge in [-0.2, -0.15) is 0 Å². The van der Waals surface area contributed by atoms with Gasteiger partial charge in [-0.25, -0.2) is 0 Å². The van der Waals surface area contributed by atoms with Crippen molar-refractivity contribution in [1.29, 1.82) is 0 Å². The van der Waals surface area contributed by atoms with E-state index in [9.17, 15) is 0 Å². The molecule has 2 aromatic rings. The molecule has 0 spiro atoms. The molecule has 3 nitrogen and oxygen atoms in total. The van der Waals surface area contributed by atoms with Gasteiger partial charge in [-0.15, -0.1) is 0 Å². The maximum atomic E-state index is 5.29. The molecular formula is C15H20N2O. The molecular weight excluding hydrogens is 224 g/mol. The SMILES string of the molecule is COc1ccc2c(C3CCNCC3)c(C)[nH]c2c1. The highest BCUT2D eigenvalue weighted by Crippen LogP contribution is 2.35. The second-order valence-electron chi connectivity index (χ2n) is 5.10. The van der Waals surface area contributed by atoms with E-state index in [2.05, 4.69) is 35.4 Å². The van der Waals surface area contributed by atoms with Gasteiger partial charge in [-0.05, 0) is 56.5 Å². The number of nitrogens with one attached hydrogen (secondary N) is 2. The third-order valence-electron chi connectivity index (χ3n) is 3.99. The Labute approximate surface area is 108 Å². The Balaban J connectivity index is 2.07. The Bertz CT molecular complexity index is 553. The summed E-state index contributed by atoms with van der Waals surface area (Å²) in [4.78, 5) is 3.50. The highest BCUT2D eigenvalue weighted by Gasteiger charge is 2.21. The molecule has 2 heterocycles. The standard InChI is InChI=1S/C15H20N2O/c1-10-15(11-5-7-16-8-6-11)13-4-3-12(18-2)9-14(13)17-10/h3-4,9,11,16-17H,5-8H2,1-2H3. The van der Waals surface area contributed by atoms with Gasteiger partial charge >= 0.3 is 0 Å². The summed E-state index contributed by atoms with van der Waals surface area (Å²) in [6, 6.07) is 6.34. The summed E-state index contributed by atoms with van der Waals surface area (Å²) < 4.78 is 5.29. The molecule has 1 aromatic heterocycles. The third kappa shape index (κ3) is 1.89. The largest absolute Gasteiger partial charge is 0.497 e. The molecule has 0 radical (unpaired) electrons. The van der Waals surface area contributed by atoms with Gasteiger partial charge in [0, 0.05) is 22.7 Å². The molecule has 3 heteroatoms. The number of aromatic nitrogens is 1. The number of aryl methyl sites for hydroxylation is 1. The van der Waals surface area contributed by atoms with Gasteiger partial charge in [0.25, 0.3) is 0 Å². The number of fused-ring (bicyclic) bond motifs is 1. The van der Waals surface area contributed by atoms with Gasteiger partial charge in [-0.1, -0.05) is 0 Å². The Morgan fingerprint density at radius 3 is 2.72 bits per heavy atom. The average molecular weight is 244 g/mol. The first-order valence-corrected chi connectivity index (χ1v) is 6.66. The predicted octanol–water partition coefficient (Wildman–Crippen LogP) is 2.95. The molecule has 96 valence electrons. The number of hydrogen-bond donors (Lipinski definition) is 2. The lowest BCUT2D eigenvalue weighted by atomic mass is 9.88. The number of H-pyrrole nitrogens is 1. The first-order valence-electron chi connectivity index (χ1n) is 6.66. The van der Waals surface area contributed by atoms with E-state index in [1.54, 1.807) is 7.11 Å². The van der Waals surface area contributed by atoms with Crippen molar-refractivity contribution in [2.45, 2.75) is 25.7 Å². The Hall–Kier alpha value is -1.48. The molecule has 1 aliphatic heterocycles. The van der Waals surface area contributed by atoms with E-state index in [1.807, 2.05) is 0 Å². The molecule has 1 aliphatic rings. The van der Waals surface area contributed by atoms with E-state index in [1.165, 1.54) is 35.0 Å².